The van der Waals surface area contributed by atoms with Gasteiger partial charge in [-0.1, -0.05) is 19.1 Å². The molecule has 146 valence electrons. The van der Waals surface area contributed by atoms with Crippen molar-refractivity contribution >= 4 is 28.7 Å². The number of nitrogens with zero attached hydrogens (tertiary/aromatic N) is 5. The van der Waals surface area contributed by atoms with E-state index < -0.39 is 23.7 Å². The van der Waals surface area contributed by atoms with E-state index in [1.807, 2.05) is 21.6 Å². The van der Waals surface area contributed by atoms with Gasteiger partial charge in [0, 0.05) is 25.8 Å². The summed E-state index contributed by atoms with van der Waals surface area (Å²) in [6.07, 6.45) is 1.78. The lowest BCUT2D eigenvalue weighted by molar-refractivity contribution is -0.118. The minimum Gasteiger partial charge on any atom is -0.368 e. The van der Waals surface area contributed by atoms with E-state index in [1.54, 1.807) is 7.05 Å². The molecule has 3 aromatic rings. The van der Waals surface area contributed by atoms with Crippen LogP contribution in [0.3, 0.4) is 0 Å². The molecule has 1 aliphatic rings. The molecule has 4 rings (SSSR count). The lowest BCUT2D eigenvalue weighted by Crippen LogP contribution is -2.42. The molecule has 9 nitrogen and oxygen atoms in total. The highest BCUT2D eigenvalue weighted by Crippen LogP contribution is 2.31. The van der Waals surface area contributed by atoms with E-state index in [4.69, 9.17) is 5.73 Å². The molecule has 2 aromatic heterocycles. The Labute approximate surface area is 160 Å². The first-order valence-electron chi connectivity index (χ1n) is 9.27. The van der Waals surface area contributed by atoms with E-state index in [0.29, 0.717) is 23.7 Å². The lowest BCUT2D eigenvalue weighted by Gasteiger charge is -2.29. The highest BCUT2D eigenvalue weighted by atomic mass is 16.2. The molecular weight excluding hydrogens is 360 g/mol. The van der Waals surface area contributed by atoms with Gasteiger partial charge in [-0.15, -0.1) is 0 Å². The van der Waals surface area contributed by atoms with Crippen LogP contribution in [0.5, 0.6) is 0 Å². The molecule has 0 bridgehead atoms. The van der Waals surface area contributed by atoms with Crippen LogP contribution >= 0.6 is 0 Å². The second kappa shape index (κ2) is 6.66. The van der Waals surface area contributed by atoms with Crippen molar-refractivity contribution < 1.29 is 4.79 Å². The molecule has 0 fully saturated rings. The normalized spacial score (nSPS) is 13.7. The number of aromatic nitrogens is 4. The summed E-state index contributed by atoms with van der Waals surface area (Å²) in [7, 11) is 1.54. The number of carbonyl (C=O) groups excluding carboxylic acids is 1. The molecule has 1 amide bonds. The van der Waals surface area contributed by atoms with E-state index in [9.17, 15) is 14.4 Å². The van der Waals surface area contributed by atoms with Crippen molar-refractivity contribution in [3.63, 3.8) is 0 Å². The van der Waals surface area contributed by atoms with Crippen molar-refractivity contribution in [1.82, 2.24) is 18.7 Å². The molecule has 0 aliphatic carbocycles. The van der Waals surface area contributed by atoms with Crippen molar-refractivity contribution in [3.05, 3.63) is 50.7 Å². The first-order valence-corrected chi connectivity index (χ1v) is 9.27. The maximum atomic E-state index is 13.0. The van der Waals surface area contributed by atoms with Gasteiger partial charge in [0.05, 0.1) is 0 Å². The van der Waals surface area contributed by atoms with Crippen molar-refractivity contribution in [2.75, 3.05) is 11.4 Å². The molecular formula is C19H22N6O3. The topological polar surface area (TPSA) is 108 Å². The van der Waals surface area contributed by atoms with Gasteiger partial charge in [0.25, 0.3) is 5.56 Å². The second-order valence-corrected chi connectivity index (χ2v) is 6.96. The Bertz CT molecular complexity index is 1190. The third kappa shape index (κ3) is 2.70. The quantitative estimate of drug-likeness (QED) is 0.706. The van der Waals surface area contributed by atoms with Crippen LogP contribution in [0.1, 0.15) is 18.9 Å². The number of amides is 1. The van der Waals surface area contributed by atoms with Crippen LogP contribution in [0, 0.1) is 0 Å². The summed E-state index contributed by atoms with van der Waals surface area (Å²) in [5.74, 6) is -0.121. The molecule has 0 saturated carbocycles. The molecule has 0 spiro atoms. The largest absolute Gasteiger partial charge is 0.368 e. The van der Waals surface area contributed by atoms with Crippen molar-refractivity contribution in [1.29, 1.82) is 0 Å². The van der Waals surface area contributed by atoms with Crippen LogP contribution in [-0.2, 0) is 31.4 Å². The van der Waals surface area contributed by atoms with Crippen molar-refractivity contribution in [2.24, 2.45) is 12.8 Å². The zero-order valence-electron chi connectivity index (χ0n) is 15.9. The standard InChI is InChI=1S/C19H22N6O3/c1-3-12-5-7-13(8-6-12)23-9-4-10-24-15-16(21-18(23)24)22(2)19(28)25(17(15)27)11-14(20)26/h5-8H,3-4,9-11H2,1-2H3,(H2,20,26). The molecule has 3 heterocycles. The number of nitrogens with two attached hydrogens (primary N) is 1. The second-order valence-electron chi connectivity index (χ2n) is 6.96. The number of rotatable bonds is 4. The molecule has 0 radical (unpaired) electrons. The highest BCUT2D eigenvalue weighted by Gasteiger charge is 2.27. The first kappa shape index (κ1) is 18.0. The maximum absolute atomic E-state index is 13.0. The van der Waals surface area contributed by atoms with Crippen molar-refractivity contribution in [3.8, 4) is 0 Å². The Morgan fingerprint density at radius 2 is 1.89 bits per heavy atom. The molecule has 1 aliphatic heterocycles. The monoisotopic (exact) mass is 382 g/mol. The Morgan fingerprint density at radius 1 is 1.18 bits per heavy atom. The summed E-state index contributed by atoms with van der Waals surface area (Å²) < 4.78 is 3.99. The molecule has 0 atom stereocenters. The number of carbonyl (C=O) groups is 1. The van der Waals surface area contributed by atoms with E-state index in [-0.39, 0.29) is 0 Å². The molecule has 1 aromatic carbocycles. The third-order valence-corrected chi connectivity index (χ3v) is 5.19. The number of imidazole rings is 1. The van der Waals surface area contributed by atoms with Gasteiger partial charge >= 0.3 is 5.69 Å². The Kier molecular flexibility index (Phi) is 4.29. The minimum atomic E-state index is -0.741. The fourth-order valence-corrected chi connectivity index (χ4v) is 3.72. The average Bonchev–Trinajstić information content (AvgIpc) is 3.09. The van der Waals surface area contributed by atoms with Crippen LogP contribution in [0.2, 0.25) is 0 Å². The number of anilines is 2. The van der Waals surface area contributed by atoms with Crippen molar-refractivity contribution in [2.45, 2.75) is 32.9 Å². The minimum absolute atomic E-state index is 0.308. The summed E-state index contributed by atoms with van der Waals surface area (Å²) >= 11 is 0. The smallest absolute Gasteiger partial charge is 0.332 e. The van der Waals surface area contributed by atoms with Crippen LogP contribution in [0.25, 0.3) is 11.2 Å². The number of primary amides is 1. The van der Waals surface area contributed by atoms with Gasteiger partial charge in [-0.05, 0) is 30.5 Å². The lowest BCUT2D eigenvalue weighted by atomic mass is 10.1. The summed E-state index contributed by atoms with van der Waals surface area (Å²) in [6, 6.07) is 8.23. The summed E-state index contributed by atoms with van der Waals surface area (Å²) in [4.78, 5) is 43.5. The zero-order chi connectivity index (χ0) is 20.0. The number of aryl methyl sites for hydroxylation is 3. The van der Waals surface area contributed by atoms with E-state index in [1.165, 1.54) is 10.1 Å². The Morgan fingerprint density at radius 3 is 2.54 bits per heavy atom. The maximum Gasteiger partial charge on any atom is 0.332 e. The van der Waals surface area contributed by atoms with Crippen LogP contribution < -0.4 is 21.9 Å². The third-order valence-electron chi connectivity index (χ3n) is 5.19. The van der Waals surface area contributed by atoms with Gasteiger partial charge in [0.15, 0.2) is 11.2 Å². The molecule has 9 heteroatoms. The number of benzene rings is 1. The van der Waals surface area contributed by atoms with E-state index in [2.05, 4.69) is 24.0 Å². The van der Waals surface area contributed by atoms with Crippen LogP contribution in [-0.4, -0.2) is 31.1 Å². The van der Waals surface area contributed by atoms with Gasteiger partial charge in [-0.3, -0.25) is 14.2 Å². The predicted molar refractivity (Wildman–Crippen MR) is 106 cm³/mol. The SMILES string of the molecule is CCc1ccc(N2CCCn3c2nc2c3c(=O)n(CC(N)=O)c(=O)n2C)cc1. The van der Waals surface area contributed by atoms with Gasteiger partial charge in [0.2, 0.25) is 11.9 Å². The van der Waals surface area contributed by atoms with Gasteiger partial charge in [-0.2, -0.15) is 4.98 Å². The van der Waals surface area contributed by atoms with Gasteiger partial charge in [-0.25, -0.2) is 9.36 Å². The first-order chi connectivity index (χ1) is 13.4. The Balaban J connectivity index is 1.94. The summed E-state index contributed by atoms with van der Waals surface area (Å²) in [5.41, 5.74) is 6.91. The number of hydrogen-bond donors (Lipinski definition) is 1. The predicted octanol–water partition coefficient (Wildman–Crippen LogP) is 0.486. The zero-order valence-corrected chi connectivity index (χ0v) is 15.9. The van der Waals surface area contributed by atoms with Crippen LogP contribution in [0.15, 0.2) is 33.9 Å². The summed E-state index contributed by atoms with van der Waals surface area (Å²) in [6.45, 7) is 3.02. The molecule has 2 N–H and O–H groups in total. The number of hydrogen-bond acceptors (Lipinski definition) is 5. The number of fused-ring (bicyclic) bond motifs is 3. The molecule has 28 heavy (non-hydrogen) atoms. The average molecular weight is 382 g/mol. The van der Waals surface area contributed by atoms with Gasteiger partial charge < -0.3 is 15.2 Å². The summed E-state index contributed by atoms with van der Waals surface area (Å²) in [5, 5.41) is 0. The van der Waals surface area contributed by atoms with E-state index in [0.717, 1.165) is 29.6 Å². The van der Waals surface area contributed by atoms with Crippen LogP contribution in [0.4, 0.5) is 11.6 Å². The highest BCUT2D eigenvalue weighted by molar-refractivity contribution is 5.78. The van der Waals surface area contributed by atoms with E-state index >= 15 is 0 Å². The van der Waals surface area contributed by atoms with Gasteiger partial charge in [0.1, 0.15) is 6.54 Å². The fraction of sp³-hybridized carbons (Fsp3) is 0.368. The molecule has 0 saturated heterocycles. The Hall–Kier alpha value is -3.36. The molecule has 0 unspecified atom stereocenters. The fourth-order valence-electron chi connectivity index (χ4n) is 3.72.